The predicted molar refractivity (Wildman–Crippen MR) is 116 cm³/mol. The Morgan fingerprint density at radius 2 is 1.93 bits per heavy atom. The molecule has 1 aromatic heterocycles. The second-order valence-corrected chi connectivity index (χ2v) is 9.04. The predicted octanol–water partition coefficient (Wildman–Crippen LogP) is 5.41. The van der Waals surface area contributed by atoms with Crippen molar-refractivity contribution in [3.05, 3.63) is 29.7 Å². The highest BCUT2D eigenvalue weighted by Crippen LogP contribution is 2.39. The number of rotatable bonds is 11. The van der Waals surface area contributed by atoms with E-state index in [2.05, 4.69) is 61.4 Å². The van der Waals surface area contributed by atoms with Crippen LogP contribution in [0.2, 0.25) is 0 Å². The van der Waals surface area contributed by atoms with Crippen molar-refractivity contribution >= 4 is 0 Å². The van der Waals surface area contributed by atoms with E-state index in [9.17, 15) is 0 Å². The fraction of sp³-hybridized carbons (Fsp3) is 0.783. The summed E-state index contributed by atoms with van der Waals surface area (Å²) >= 11 is 0. The van der Waals surface area contributed by atoms with Crippen LogP contribution in [-0.4, -0.2) is 47.2 Å². The summed E-state index contributed by atoms with van der Waals surface area (Å²) in [5.41, 5.74) is 4.12. The van der Waals surface area contributed by atoms with Gasteiger partial charge in [0.05, 0.1) is 6.20 Å². The number of unbranched alkanes of at least 4 members (excludes halogenated alkanes) is 1. The molecule has 2 rings (SSSR count). The molecule has 1 aromatic rings. The maximum absolute atomic E-state index is 4.43. The van der Waals surface area contributed by atoms with E-state index in [1.807, 2.05) is 6.20 Å². The van der Waals surface area contributed by atoms with E-state index in [0.29, 0.717) is 11.8 Å². The maximum Gasteiger partial charge on any atom is 0.0535 e. The van der Waals surface area contributed by atoms with Gasteiger partial charge in [-0.15, -0.1) is 0 Å². The van der Waals surface area contributed by atoms with E-state index in [-0.39, 0.29) is 0 Å². The van der Waals surface area contributed by atoms with Crippen LogP contribution in [0, 0.1) is 11.8 Å². The molecule has 0 atom stereocenters. The topological polar surface area (TPSA) is 35.2 Å². The number of H-pyrrole nitrogens is 1. The van der Waals surface area contributed by atoms with Crippen LogP contribution in [0.1, 0.15) is 82.9 Å². The zero-order chi connectivity index (χ0) is 19.8. The summed E-state index contributed by atoms with van der Waals surface area (Å²) in [6.07, 6.45) is 10.8. The van der Waals surface area contributed by atoms with Gasteiger partial charge in [0.15, 0.2) is 0 Å². The van der Waals surface area contributed by atoms with Crippen LogP contribution >= 0.6 is 0 Å². The lowest BCUT2D eigenvalue weighted by Crippen LogP contribution is -2.27. The molecule has 0 amide bonds. The third-order valence-corrected chi connectivity index (χ3v) is 6.22. The lowest BCUT2D eigenvalue weighted by Gasteiger charge is -2.34. The first-order valence-electron chi connectivity index (χ1n) is 11.0. The molecule has 27 heavy (non-hydrogen) atoms. The molecule has 0 aromatic carbocycles. The van der Waals surface area contributed by atoms with Crippen molar-refractivity contribution in [2.75, 3.05) is 27.2 Å². The van der Waals surface area contributed by atoms with Gasteiger partial charge in [0.1, 0.15) is 0 Å². The van der Waals surface area contributed by atoms with Crippen molar-refractivity contribution in [2.24, 2.45) is 11.8 Å². The molecule has 0 spiro atoms. The van der Waals surface area contributed by atoms with Crippen molar-refractivity contribution < 1.29 is 0 Å². The average molecular weight is 375 g/mol. The van der Waals surface area contributed by atoms with Crippen LogP contribution < -0.4 is 0 Å². The molecule has 0 bridgehead atoms. The van der Waals surface area contributed by atoms with E-state index in [1.54, 1.807) is 0 Å². The molecule has 1 heterocycles. The molecule has 4 nitrogen and oxygen atoms in total. The minimum Gasteiger partial charge on any atom is -0.378 e. The largest absolute Gasteiger partial charge is 0.378 e. The summed E-state index contributed by atoms with van der Waals surface area (Å²) in [4.78, 5) is 4.82. The van der Waals surface area contributed by atoms with Gasteiger partial charge >= 0.3 is 0 Å². The van der Waals surface area contributed by atoms with Crippen molar-refractivity contribution in [3.63, 3.8) is 0 Å². The normalized spacial score (nSPS) is 20.4. The molecule has 1 fully saturated rings. The second-order valence-electron chi connectivity index (χ2n) is 9.04. The van der Waals surface area contributed by atoms with Crippen LogP contribution in [0.5, 0.6) is 0 Å². The maximum atomic E-state index is 4.43. The number of hydrogen-bond donors (Lipinski definition) is 1. The number of hydrogen-bond acceptors (Lipinski definition) is 3. The third-order valence-electron chi connectivity index (χ3n) is 6.22. The zero-order valence-electron chi connectivity index (χ0n) is 18.4. The van der Waals surface area contributed by atoms with Gasteiger partial charge in [-0.05, 0) is 64.0 Å². The number of nitrogens with one attached hydrogen (secondary N) is 1. The Morgan fingerprint density at radius 3 is 2.56 bits per heavy atom. The molecule has 1 aliphatic rings. The fourth-order valence-corrected chi connectivity index (χ4v) is 4.22. The summed E-state index contributed by atoms with van der Waals surface area (Å²) in [5, 5.41) is 7.70. The SMILES string of the molecule is C=C(C1CCC(c2[nH]ncc2CN(C)CCCC)CC1)N(C)CCC(C)C. The number of aromatic nitrogens is 2. The molecule has 154 valence electrons. The summed E-state index contributed by atoms with van der Waals surface area (Å²) in [6, 6.07) is 0. The molecule has 0 saturated heterocycles. The van der Waals surface area contributed by atoms with Gasteiger partial charge in [-0.3, -0.25) is 5.10 Å². The van der Waals surface area contributed by atoms with Crippen LogP contribution in [0.3, 0.4) is 0 Å². The summed E-state index contributed by atoms with van der Waals surface area (Å²) in [6.45, 7) is 14.6. The van der Waals surface area contributed by atoms with Gasteiger partial charge < -0.3 is 9.80 Å². The smallest absolute Gasteiger partial charge is 0.0535 e. The summed E-state index contributed by atoms with van der Waals surface area (Å²) in [5.74, 6) is 2.04. The van der Waals surface area contributed by atoms with Crippen LogP contribution in [0.4, 0.5) is 0 Å². The van der Waals surface area contributed by atoms with Crippen LogP contribution in [0.25, 0.3) is 0 Å². The highest BCUT2D eigenvalue weighted by Gasteiger charge is 2.27. The Balaban J connectivity index is 1.85. The van der Waals surface area contributed by atoms with Crippen molar-refractivity contribution in [1.82, 2.24) is 20.0 Å². The van der Waals surface area contributed by atoms with Crippen LogP contribution in [0.15, 0.2) is 18.5 Å². The van der Waals surface area contributed by atoms with Gasteiger partial charge in [-0.2, -0.15) is 5.10 Å². The van der Waals surface area contributed by atoms with E-state index < -0.39 is 0 Å². The van der Waals surface area contributed by atoms with Gasteiger partial charge in [-0.25, -0.2) is 0 Å². The monoisotopic (exact) mass is 374 g/mol. The average Bonchev–Trinajstić information content (AvgIpc) is 3.11. The Morgan fingerprint density at radius 1 is 1.22 bits per heavy atom. The van der Waals surface area contributed by atoms with Crippen molar-refractivity contribution in [1.29, 1.82) is 0 Å². The molecule has 0 unspecified atom stereocenters. The van der Waals surface area contributed by atoms with Crippen molar-refractivity contribution in [3.8, 4) is 0 Å². The lowest BCUT2D eigenvalue weighted by atomic mass is 9.78. The van der Waals surface area contributed by atoms with Gasteiger partial charge in [0.2, 0.25) is 0 Å². The lowest BCUT2D eigenvalue weighted by molar-refractivity contribution is 0.275. The number of nitrogens with zero attached hydrogens (tertiary/aromatic N) is 3. The van der Waals surface area contributed by atoms with E-state index in [1.165, 1.54) is 61.9 Å². The van der Waals surface area contributed by atoms with Gasteiger partial charge in [0, 0.05) is 43.0 Å². The molecular weight excluding hydrogens is 332 g/mol. The second kappa shape index (κ2) is 10.9. The Bertz CT molecular complexity index is 554. The highest BCUT2D eigenvalue weighted by atomic mass is 15.1. The molecule has 4 heteroatoms. The quantitative estimate of drug-likeness (QED) is 0.563. The van der Waals surface area contributed by atoms with Crippen molar-refractivity contribution in [2.45, 2.75) is 78.2 Å². The summed E-state index contributed by atoms with van der Waals surface area (Å²) in [7, 11) is 4.44. The fourth-order valence-electron chi connectivity index (χ4n) is 4.22. The summed E-state index contributed by atoms with van der Waals surface area (Å²) < 4.78 is 0. The first kappa shape index (κ1) is 22.0. The Hall–Kier alpha value is -1.29. The molecule has 1 aliphatic carbocycles. The molecular formula is C23H42N4. The minimum atomic E-state index is 0.632. The Kier molecular flexibility index (Phi) is 8.88. The molecule has 1 N–H and O–H groups in total. The van der Waals surface area contributed by atoms with Gasteiger partial charge in [0.25, 0.3) is 0 Å². The number of allylic oxidation sites excluding steroid dienone is 1. The van der Waals surface area contributed by atoms with Gasteiger partial charge in [-0.1, -0.05) is 33.8 Å². The number of aromatic amines is 1. The minimum absolute atomic E-state index is 0.632. The van der Waals surface area contributed by atoms with E-state index >= 15 is 0 Å². The highest BCUT2D eigenvalue weighted by molar-refractivity contribution is 5.21. The molecule has 0 aliphatic heterocycles. The van der Waals surface area contributed by atoms with E-state index in [4.69, 9.17) is 0 Å². The van der Waals surface area contributed by atoms with E-state index in [0.717, 1.165) is 25.6 Å². The first-order valence-corrected chi connectivity index (χ1v) is 11.0. The molecule has 1 saturated carbocycles. The van der Waals surface area contributed by atoms with Crippen LogP contribution in [-0.2, 0) is 6.54 Å². The first-order chi connectivity index (χ1) is 12.9. The molecule has 0 radical (unpaired) electrons. The standard InChI is InChI=1S/C23H42N4/c1-7-8-14-26(5)17-22-16-24-25-23(22)21-11-9-20(10-12-21)19(4)27(6)15-13-18(2)3/h16,18,20-21H,4,7-15,17H2,1-3,5-6H3,(H,24,25). The third kappa shape index (κ3) is 6.67. The Labute approximate surface area is 167 Å². The zero-order valence-corrected chi connectivity index (χ0v) is 18.4.